The number of hydrogen-bond donors (Lipinski definition) is 1. The van der Waals surface area contributed by atoms with Crippen LogP contribution in [-0.4, -0.2) is 36.7 Å². The first-order valence-corrected chi connectivity index (χ1v) is 13.4. The standard InChI is InChI=1S/C24H25N5O2S2/c1-17-25-22-11-10-20(16-23(22)32-17)33(30,31)28-19-8-6-18(7-9-19)21-12-13-24(27-26-21)29-14-4-2-3-5-15-29/h6-13,16,28H,2-5,14-15H2,1H3. The van der Waals surface area contributed by atoms with Gasteiger partial charge in [-0.2, -0.15) is 0 Å². The Balaban J connectivity index is 1.30. The molecule has 2 aromatic heterocycles. The molecule has 0 atom stereocenters. The fourth-order valence-electron chi connectivity index (χ4n) is 4.06. The highest BCUT2D eigenvalue weighted by Gasteiger charge is 2.16. The Morgan fingerprint density at radius 2 is 1.67 bits per heavy atom. The van der Waals surface area contributed by atoms with Crippen LogP contribution in [0.25, 0.3) is 21.5 Å². The number of fused-ring (bicyclic) bond motifs is 1. The molecule has 0 bridgehead atoms. The molecule has 1 aliphatic heterocycles. The van der Waals surface area contributed by atoms with Gasteiger partial charge in [0.25, 0.3) is 10.0 Å². The third-order valence-corrected chi connectivity index (χ3v) is 8.10. The Morgan fingerprint density at radius 1 is 0.909 bits per heavy atom. The number of sulfonamides is 1. The van der Waals surface area contributed by atoms with Gasteiger partial charge in [0, 0.05) is 24.3 Å². The summed E-state index contributed by atoms with van der Waals surface area (Å²) in [6.07, 6.45) is 4.94. The summed E-state index contributed by atoms with van der Waals surface area (Å²) in [5, 5.41) is 9.74. The van der Waals surface area contributed by atoms with Crippen LogP contribution in [0.2, 0.25) is 0 Å². The zero-order valence-corrected chi connectivity index (χ0v) is 20.0. The van der Waals surface area contributed by atoms with Crippen LogP contribution in [0.1, 0.15) is 30.7 Å². The van der Waals surface area contributed by atoms with Gasteiger partial charge in [-0.1, -0.05) is 25.0 Å². The van der Waals surface area contributed by atoms with E-state index in [2.05, 4.69) is 24.8 Å². The van der Waals surface area contributed by atoms with Gasteiger partial charge < -0.3 is 4.90 Å². The van der Waals surface area contributed by atoms with E-state index < -0.39 is 10.0 Å². The molecule has 1 saturated heterocycles. The number of hydrogen-bond acceptors (Lipinski definition) is 7. The Bertz CT molecular complexity index is 1360. The lowest BCUT2D eigenvalue weighted by molar-refractivity contribution is 0.601. The molecule has 4 aromatic rings. The first kappa shape index (κ1) is 21.8. The molecule has 2 aromatic carbocycles. The van der Waals surface area contributed by atoms with Gasteiger partial charge in [-0.15, -0.1) is 21.5 Å². The van der Waals surface area contributed by atoms with Crippen molar-refractivity contribution in [3.63, 3.8) is 0 Å². The third-order valence-electron chi connectivity index (χ3n) is 5.79. The molecule has 33 heavy (non-hydrogen) atoms. The van der Waals surface area contributed by atoms with Gasteiger partial charge in [-0.25, -0.2) is 13.4 Å². The Labute approximate surface area is 197 Å². The highest BCUT2D eigenvalue weighted by Crippen LogP contribution is 2.27. The van der Waals surface area contributed by atoms with E-state index in [9.17, 15) is 8.42 Å². The highest BCUT2D eigenvalue weighted by atomic mass is 32.2. The normalized spacial score (nSPS) is 14.9. The number of thiazole rings is 1. The average molecular weight is 480 g/mol. The van der Waals surface area contributed by atoms with E-state index in [1.165, 1.54) is 37.0 Å². The van der Waals surface area contributed by atoms with Crippen molar-refractivity contribution < 1.29 is 8.42 Å². The van der Waals surface area contributed by atoms with Gasteiger partial charge in [0.2, 0.25) is 0 Å². The van der Waals surface area contributed by atoms with Crippen molar-refractivity contribution in [2.24, 2.45) is 0 Å². The second-order valence-corrected chi connectivity index (χ2v) is 11.1. The SMILES string of the molecule is Cc1nc2ccc(S(=O)(=O)Nc3ccc(-c4ccc(N5CCCCCC5)nn4)cc3)cc2s1. The Hall–Kier alpha value is -3.04. The maximum absolute atomic E-state index is 12.9. The summed E-state index contributed by atoms with van der Waals surface area (Å²) in [6.45, 7) is 3.96. The molecule has 170 valence electrons. The lowest BCUT2D eigenvalue weighted by atomic mass is 10.1. The van der Waals surface area contributed by atoms with Crippen LogP contribution in [0.15, 0.2) is 59.5 Å². The lowest BCUT2D eigenvalue weighted by Gasteiger charge is -2.20. The summed E-state index contributed by atoms with van der Waals surface area (Å²) >= 11 is 1.48. The number of aryl methyl sites for hydroxylation is 1. The van der Waals surface area contributed by atoms with E-state index in [-0.39, 0.29) is 4.90 Å². The molecular weight excluding hydrogens is 454 g/mol. The molecule has 7 nitrogen and oxygen atoms in total. The van der Waals surface area contributed by atoms with Crippen LogP contribution in [-0.2, 0) is 10.0 Å². The molecule has 1 aliphatic rings. The minimum atomic E-state index is -3.70. The third kappa shape index (κ3) is 4.84. The number of rotatable bonds is 5. The van der Waals surface area contributed by atoms with E-state index in [4.69, 9.17) is 0 Å². The zero-order valence-electron chi connectivity index (χ0n) is 18.4. The minimum absolute atomic E-state index is 0.220. The molecule has 3 heterocycles. The van der Waals surface area contributed by atoms with Crippen LogP contribution in [0, 0.1) is 6.92 Å². The van der Waals surface area contributed by atoms with Crippen LogP contribution in [0.5, 0.6) is 0 Å². The number of anilines is 2. The first-order valence-electron chi connectivity index (χ1n) is 11.1. The summed E-state index contributed by atoms with van der Waals surface area (Å²) in [4.78, 5) is 6.90. The molecule has 0 unspecified atom stereocenters. The highest BCUT2D eigenvalue weighted by molar-refractivity contribution is 7.92. The van der Waals surface area contributed by atoms with Crippen LogP contribution in [0.3, 0.4) is 0 Å². The maximum atomic E-state index is 12.9. The van der Waals surface area contributed by atoms with Gasteiger partial charge in [0.05, 0.1) is 25.8 Å². The second kappa shape index (κ2) is 9.07. The van der Waals surface area contributed by atoms with Gasteiger partial charge in [-0.3, -0.25) is 4.72 Å². The van der Waals surface area contributed by atoms with Crippen LogP contribution < -0.4 is 9.62 Å². The quantitative estimate of drug-likeness (QED) is 0.421. The molecule has 1 N–H and O–H groups in total. The maximum Gasteiger partial charge on any atom is 0.261 e. The van der Waals surface area contributed by atoms with Crippen molar-refractivity contribution in [2.75, 3.05) is 22.7 Å². The number of benzene rings is 2. The van der Waals surface area contributed by atoms with Crippen molar-refractivity contribution in [3.8, 4) is 11.3 Å². The molecule has 0 saturated carbocycles. The van der Waals surface area contributed by atoms with Crippen molar-refractivity contribution in [3.05, 3.63) is 59.6 Å². The van der Waals surface area contributed by atoms with E-state index in [1.54, 1.807) is 30.3 Å². The van der Waals surface area contributed by atoms with Gasteiger partial charge in [0.15, 0.2) is 5.82 Å². The van der Waals surface area contributed by atoms with Gasteiger partial charge in [0.1, 0.15) is 0 Å². The van der Waals surface area contributed by atoms with Crippen molar-refractivity contribution in [2.45, 2.75) is 37.5 Å². The molecule has 1 fully saturated rings. The van der Waals surface area contributed by atoms with E-state index in [0.29, 0.717) is 5.69 Å². The smallest absolute Gasteiger partial charge is 0.261 e. The van der Waals surface area contributed by atoms with Crippen LogP contribution >= 0.6 is 11.3 Å². The topological polar surface area (TPSA) is 88.1 Å². The summed E-state index contributed by atoms with van der Waals surface area (Å²) in [5.74, 6) is 0.915. The molecule has 0 spiro atoms. The van der Waals surface area contributed by atoms with Crippen molar-refractivity contribution in [1.29, 1.82) is 0 Å². The van der Waals surface area contributed by atoms with E-state index in [1.807, 2.05) is 31.2 Å². The van der Waals surface area contributed by atoms with Gasteiger partial charge >= 0.3 is 0 Å². The predicted molar refractivity (Wildman–Crippen MR) is 133 cm³/mol. The molecule has 0 amide bonds. The zero-order chi connectivity index (χ0) is 22.8. The summed E-state index contributed by atoms with van der Waals surface area (Å²) in [6, 6.07) is 16.2. The molecule has 5 rings (SSSR count). The molecule has 0 radical (unpaired) electrons. The first-order chi connectivity index (χ1) is 16.0. The largest absolute Gasteiger partial charge is 0.355 e. The predicted octanol–water partition coefficient (Wildman–Crippen LogP) is 5.24. The van der Waals surface area contributed by atoms with Crippen molar-refractivity contribution >= 4 is 43.1 Å². The van der Waals surface area contributed by atoms with Crippen molar-refractivity contribution in [1.82, 2.24) is 15.2 Å². The fraction of sp³-hybridized carbons (Fsp3) is 0.292. The average Bonchev–Trinajstić information content (AvgIpc) is 3.00. The lowest BCUT2D eigenvalue weighted by Crippen LogP contribution is -2.25. The number of nitrogens with one attached hydrogen (secondary N) is 1. The summed E-state index contributed by atoms with van der Waals surface area (Å²) < 4.78 is 29.2. The minimum Gasteiger partial charge on any atom is -0.355 e. The van der Waals surface area contributed by atoms with Gasteiger partial charge in [-0.05, 0) is 62.2 Å². The Kier molecular flexibility index (Phi) is 5.99. The Morgan fingerprint density at radius 3 is 2.36 bits per heavy atom. The number of nitrogens with zero attached hydrogens (tertiary/aromatic N) is 4. The fourth-order valence-corrected chi connectivity index (χ4v) is 6.08. The number of aromatic nitrogens is 3. The molecule has 0 aliphatic carbocycles. The second-order valence-electron chi connectivity index (χ2n) is 8.22. The summed E-state index contributed by atoms with van der Waals surface area (Å²) in [7, 11) is -3.70. The monoisotopic (exact) mass is 479 g/mol. The summed E-state index contributed by atoms with van der Waals surface area (Å²) in [5.41, 5.74) is 2.95. The van der Waals surface area contributed by atoms with E-state index in [0.717, 1.165) is 45.4 Å². The van der Waals surface area contributed by atoms with Crippen LogP contribution in [0.4, 0.5) is 11.5 Å². The van der Waals surface area contributed by atoms with E-state index >= 15 is 0 Å². The molecule has 9 heteroatoms. The molecular formula is C24H25N5O2S2.